The molecule has 0 aliphatic carbocycles. The van der Waals surface area contributed by atoms with Crippen LogP contribution in [0.25, 0.3) is 10.9 Å². The Labute approximate surface area is 133 Å². The molecule has 4 rings (SSSR count). The van der Waals surface area contributed by atoms with Crippen molar-refractivity contribution in [2.45, 2.75) is 6.04 Å². The lowest BCUT2D eigenvalue weighted by atomic mass is 10.0. The summed E-state index contributed by atoms with van der Waals surface area (Å²) in [5.41, 5.74) is 2.20. The van der Waals surface area contributed by atoms with E-state index >= 15 is 0 Å². The monoisotopic (exact) mass is 316 g/mol. The second kappa shape index (κ2) is 5.80. The lowest BCUT2D eigenvalue weighted by Crippen LogP contribution is -2.39. The molecular weight excluding hydrogens is 300 g/mol. The van der Waals surface area contributed by atoms with Crippen LogP contribution in [0.15, 0.2) is 47.2 Å². The molecule has 0 spiro atoms. The van der Waals surface area contributed by atoms with Crippen molar-refractivity contribution in [1.29, 1.82) is 0 Å². The number of fused-ring (bicyclic) bond motifs is 1. The molecule has 22 heavy (non-hydrogen) atoms. The van der Waals surface area contributed by atoms with Gasteiger partial charge < -0.3 is 14.1 Å². The van der Waals surface area contributed by atoms with Gasteiger partial charge in [-0.1, -0.05) is 17.7 Å². The van der Waals surface area contributed by atoms with Crippen molar-refractivity contribution in [1.82, 2.24) is 9.88 Å². The number of morpholine rings is 1. The second-order valence-electron chi connectivity index (χ2n) is 5.47. The van der Waals surface area contributed by atoms with E-state index in [1.807, 2.05) is 36.5 Å². The van der Waals surface area contributed by atoms with Crippen molar-refractivity contribution < 1.29 is 9.15 Å². The summed E-state index contributed by atoms with van der Waals surface area (Å²) in [4.78, 5) is 5.71. The van der Waals surface area contributed by atoms with Gasteiger partial charge in [0.15, 0.2) is 0 Å². The molecule has 1 atom stereocenters. The van der Waals surface area contributed by atoms with E-state index in [1.54, 1.807) is 6.26 Å². The van der Waals surface area contributed by atoms with Crippen LogP contribution in [0, 0.1) is 0 Å². The minimum atomic E-state index is 0.0487. The molecule has 3 heterocycles. The van der Waals surface area contributed by atoms with Crippen LogP contribution in [0.1, 0.15) is 17.4 Å². The van der Waals surface area contributed by atoms with E-state index < -0.39 is 0 Å². The van der Waals surface area contributed by atoms with Gasteiger partial charge in [-0.2, -0.15) is 0 Å². The van der Waals surface area contributed by atoms with Crippen LogP contribution in [0.4, 0.5) is 0 Å². The highest BCUT2D eigenvalue weighted by molar-refractivity contribution is 6.35. The van der Waals surface area contributed by atoms with Gasteiger partial charge in [-0.15, -0.1) is 0 Å². The van der Waals surface area contributed by atoms with Gasteiger partial charge in [-0.05, 0) is 24.3 Å². The van der Waals surface area contributed by atoms with Gasteiger partial charge >= 0.3 is 0 Å². The van der Waals surface area contributed by atoms with Crippen LogP contribution in [0.2, 0.25) is 5.02 Å². The molecule has 3 aromatic rings. The molecule has 1 N–H and O–H groups in total. The quantitative estimate of drug-likeness (QED) is 0.798. The van der Waals surface area contributed by atoms with Crippen LogP contribution >= 0.6 is 11.6 Å². The van der Waals surface area contributed by atoms with Crippen molar-refractivity contribution >= 4 is 22.5 Å². The van der Waals surface area contributed by atoms with E-state index in [1.165, 1.54) is 0 Å². The van der Waals surface area contributed by atoms with Crippen LogP contribution in [-0.4, -0.2) is 36.2 Å². The molecule has 114 valence electrons. The SMILES string of the molecule is Clc1cccc2[nH]cc(C(c3ccco3)N3CCOCC3)c12. The summed E-state index contributed by atoms with van der Waals surface area (Å²) in [6.45, 7) is 3.24. The fraction of sp³-hybridized carbons (Fsp3) is 0.294. The third-order valence-electron chi connectivity index (χ3n) is 4.20. The van der Waals surface area contributed by atoms with E-state index in [9.17, 15) is 0 Å². The number of H-pyrrole nitrogens is 1. The van der Waals surface area contributed by atoms with E-state index in [2.05, 4.69) is 9.88 Å². The molecule has 1 aliphatic rings. The molecule has 0 saturated carbocycles. The Kier molecular flexibility index (Phi) is 3.66. The third kappa shape index (κ3) is 2.33. The molecular formula is C17H17ClN2O2. The molecule has 5 heteroatoms. The summed E-state index contributed by atoms with van der Waals surface area (Å²) >= 11 is 6.45. The summed E-state index contributed by atoms with van der Waals surface area (Å²) in [5.74, 6) is 0.933. The van der Waals surface area contributed by atoms with Gasteiger partial charge in [-0.25, -0.2) is 0 Å². The Morgan fingerprint density at radius 1 is 1.14 bits per heavy atom. The predicted molar refractivity (Wildman–Crippen MR) is 86.3 cm³/mol. The van der Waals surface area contributed by atoms with Gasteiger partial charge in [0.2, 0.25) is 0 Å². The molecule has 1 aromatic carbocycles. The maximum absolute atomic E-state index is 6.45. The van der Waals surface area contributed by atoms with Gasteiger partial charge in [-0.3, -0.25) is 4.90 Å². The first-order valence-electron chi connectivity index (χ1n) is 7.45. The number of aromatic amines is 1. The lowest BCUT2D eigenvalue weighted by Gasteiger charge is -2.33. The number of ether oxygens (including phenoxy) is 1. The van der Waals surface area contributed by atoms with E-state index in [4.69, 9.17) is 20.8 Å². The van der Waals surface area contributed by atoms with E-state index in [0.29, 0.717) is 0 Å². The van der Waals surface area contributed by atoms with E-state index in [0.717, 1.165) is 53.6 Å². The van der Waals surface area contributed by atoms with Gasteiger partial charge in [0.25, 0.3) is 0 Å². The Balaban J connectivity index is 1.85. The topological polar surface area (TPSA) is 41.4 Å². The molecule has 2 aromatic heterocycles. The average molecular weight is 317 g/mol. The largest absolute Gasteiger partial charge is 0.467 e. The highest BCUT2D eigenvalue weighted by Gasteiger charge is 2.29. The molecule has 0 amide bonds. The van der Waals surface area contributed by atoms with Crippen molar-refractivity contribution in [3.05, 3.63) is 59.1 Å². The van der Waals surface area contributed by atoms with Crippen molar-refractivity contribution in [3.8, 4) is 0 Å². The number of halogens is 1. The van der Waals surface area contributed by atoms with Crippen molar-refractivity contribution in [2.75, 3.05) is 26.3 Å². The summed E-state index contributed by atoms with van der Waals surface area (Å²) in [6.07, 6.45) is 3.76. The number of furan rings is 1. The zero-order valence-electron chi connectivity index (χ0n) is 12.1. The zero-order valence-corrected chi connectivity index (χ0v) is 12.8. The Bertz CT molecular complexity index is 760. The fourth-order valence-electron chi connectivity index (χ4n) is 3.19. The predicted octanol–water partition coefficient (Wildman–Crippen LogP) is 3.84. The number of nitrogens with one attached hydrogen (secondary N) is 1. The number of nitrogens with zero attached hydrogens (tertiary/aromatic N) is 1. The van der Waals surface area contributed by atoms with Crippen LogP contribution in [0.3, 0.4) is 0 Å². The summed E-state index contributed by atoms with van der Waals surface area (Å²) < 4.78 is 11.2. The Morgan fingerprint density at radius 3 is 2.77 bits per heavy atom. The first kappa shape index (κ1) is 13.9. The first-order valence-corrected chi connectivity index (χ1v) is 7.83. The maximum Gasteiger partial charge on any atom is 0.125 e. The highest BCUT2D eigenvalue weighted by atomic mass is 35.5. The minimum absolute atomic E-state index is 0.0487. The summed E-state index contributed by atoms with van der Waals surface area (Å²) in [6, 6.07) is 9.94. The van der Waals surface area contributed by atoms with Crippen LogP contribution in [-0.2, 0) is 4.74 Å². The van der Waals surface area contributed by atoms with Gasteiger partial charge in [0, 0.05) is 35.8 Å². The lowest BCUT2D eigenvalue weighted by molar-refractivity contribution is 0.0204. The molecule has 1 saturated heterocycles. The van der Waals surface area contributed by atoms with Gasteiger partial charge in [0.1, 0.15) is 5.76 Å². The average Bonchev–Trinajstić information content (AvgIpc) is 3.20. The number of benzene rings is 1. The molecule has 0 bridgehead atoms. The number of hydrogen-bond donors (Lipinski definition) is 1. The molecule has 1 aliphatic heterocycles. The van der Waals surface area contributed by atoms with Crippen molar-refractivity contribution in [3.63, 3.8) is 0 Å². The van der Waals surface area contributed by atoms with Crippen molar-refractivity contribution in [2.24, 2.45) is 0 Å². The number of hydrogen-bond acceptors (Lipinski definition) is 3. The molecule has 4 nitrogen and oxygen atoms in total. The maximum atomic E-state index is 6.45. The Hall–Kier alpha value is -1.75. The Morgan fingerprint density at radius 2 is 2.00 bits per heavy atom. The fourth-order valence-corrected chi connectivity index (χ4v) is 3.48. The number of aromatic nitrogens is 1. The second-order valence-corrected chi connectivity index (χ2v) is 5.88. The normalized spacial score (nSPS) is 17.9. The third-order valence-corrected chi connectivity index (χ3v) is 4.52. The molecule has 1 fully saturated rings. The first-order chi connectivity index (χ1) is 10.8. The van der Waals surface area contributed by atoms with Gasteiger partial charge in [0.05, 0.1) is 30.5 Å². The molecule has 1 unspecified atom stereocenters. The minimum Gasteiger partial charge on any atom is -0.467 e. The highest BCUT2D eigenvalue weighted by Crippen LogP contribution is 2.37. The standard InChI is InChI=1S/C17H17ClN2O2/c18-13-3-1-4-14-16(13)12(11-19-14)17(15-5-2-8-22-15)20-6-9-21-10-7-20/h1-5,8,11,17,19H,6-7,9-10H2. The summed E-state index contributed by atoms with van der Waals surface area (Å²) in [5, 5.41) is 1.83. The zero-order chi connectivity index (χ0) is 14.9. The number of rotatable bonds is 3. The summed E-state index contributed by atoms with van der Waals surface area (Å²) in [7, 11) is 0. The molecule has 0 radical (unpaired) electrons. The van der Waals surface area contributed by atoms with Crippen LogP contribution in [0.5, 0.6) is 0 Å². The smallest absolute Gasteiger partial charge is 0.125 e. The van der Waals surface area contributed by atoms with E-state index in [-0.39, 0.29) is 6.04 Å². The van der Waals surface area contributed by atoms with Crippen LogP contribution < -0.4 is 0 Å².